The van der Waals surface area contributed by atoms with E-state index in [0.717, 1.165) is 22.8 Å². The third-order valence-corrected chi connectivity index (χ3v) is 3.65. The quantitative estimate of drug-likeness (QED) is 0.629. The molecule has 0 spiro atoms. The fourth-order valence-corrected chi connectivity index (χ4v) is 2.37. The van der Waals surface area contributed by atoms with Crippen LogP contribution in [0, 0.1) is 5.82 Å². The fraction of sp³-hybridized carbons (Fsp3) is 0.188. The summed E-state index contributed by atoms with van der Waals surface area (Å²) in [5.74, 6) is 2.11. The van der Waals surface area contributed by atoms with Gasteiger partial charge in [0.2, 0.25) is 5.91 Å². The number of furan rings is 1. The minimum absolute atomic E-state index is 0.155. The zero-order valence-electron chi connectivity index (χ0n) is 11.4. The molecule has 0 aliphatic carbocycles. The van der Waals surface area contributed by atoms with Gasteiger partial charge in [0.15, 0.2) is 0 Å². The second-order valence-corrected chi connectivity index (χ2v) is 5.41. The predicted octanol–water partition coefficient (Wildman–Crippen LogP) is 3.48. The van der Waals surface area contributed by atoms with Crippen LogP contribution in [-0.4, -0.2) is 18.2 Å². The standard InChI is InChI=1S/C16H16FNO2S/c17-14-6-3-13(4-7-14)5-8-16(19)18-9-11-21-12-15-2-1-10-20-15/h1-8,10H,9,11-12H2,(H,18,19)/b8-5+. The molecule has 1 aromatic heterocycles. The van der Waals surface area contributed by atoms with Crippen molar-refractivity contribution in [3.63, 3.8) is 0 Å². The number of carbonyl (C=O) groups is 1. The van der Waals surface area contributed by atoms with Crippen LogP contribution in [0.4, 0.5) is 4.39 Å². The van der Waals surface area contributed by atoms with E-state index in [2.05, 4.69) is 5.32 Å². The molecule has 1 amide bonds. The van der Waals surface area contributed by atoms with Crippen LogP contribution in [0.3, 0.4) is 0 Å². The number of nitrogens with one attached hydrogen (secondary N) is 1. The molecule has 0 saturated heterocycles. The van der Waals surface area contributed by atoms with Gasteiger partial charge in [-0.05, 0) is 35.9 Å². The van der Waals surface area contributed by atoms with E-state index in [1.165, 1.54) is 18.2 Å². The summed E-state index contributed by atoms with van der Waals surface area (Å²) in [7, 11) is 0. The molecule has 2 aromatic rings. The fourth-order valence-electron chi connectivity index (χ4n) is 1.62. The third kappa shape index (κ3) is 5.87. The summed E-state index contributed by atoms with van der Waals surface area (Å²) < 4.78 is 17.9. The molecule has 0 bridgehead atoms. The van der Waals surface area contributed by atoms with Crippen molar-refractivity contribution in [2.24, 2.45) is 0 Å². The molecule has 0 saturated carbocycles. The highest BCUT2D eigenvalue weighted by Gasteiger charge is 1.98. The van der Waals surface area contributed by atoms with Crippen LogP contribution >= 0.6 is 11.8 Å². The summed E-state index contributed by atoms with van der Waals surface area (Å²) in [6.45, 7) is 0.595. The van der Waals surface area contributed by atoms with Gasteiger partial charge in [-0.1, -0.05) is 12.1 Å². The average Bonchev–Trinajstić information content (AvgIpc) is 2.99. The van der Waals surface area contributed by atoms with E-state index in [-0.39, 0.29) is 11.7 Å². The molecule has 0 aliphatic rings. The van der Waals surface area contributed by atoms with Crippen molar-refractivity contribution in [3.8, 4) is 0 Å². The molecular weight excluding hydrogens is 289 g/mol. The SMILES string of the molecule is O=C(/C=C/c1ccc(F)cc1)NCCSCc1ccco1. The number of hydrogen-bond acceptors (Lipinski definition) is 3. The lowest BCUT2D eigenvalue weighted by molar-refractivity contribution is -0.116. The van der Waals surface area contributed by atoms with E-state index in [9.17, 15) is 9.18 Å². The zero-order chi connectivity index (χ0) is 14.9. The Morgan fingerprint density at radius 2 is 2.10 bits per heavy atom. The molecule has 3 nitrogen and oxygen atoms in total. The number of amides is 1. The van der Waals surface area contributed by atoms with Crippen LogP contribution < -0.4 is 5.32 Å². The van der Waals surface area contributed by atoms with E-state index in [1.807, 2.05) is 12.1 Å². The van der Waals surface area contributed by atoms with Crippen molar-refractivity contribution in [1.29, 1.82) is 0 Å². The van der Waals surface area contributed by atoms with Crippen LogP contribution in [0.15, 0.2) is 53.2 Å². The molecular formula is C16H16FNO2S. The van der Waals surface area contributed by atoms with E-state index in [1.54, 1.807) is 36.2 Å². The van der Waals surface area contributed by atoms with Gasteiger partial charge in [-0.25, -0.2) is 4.39 Å². The van der Waals surface area contributed by atoms with E-state index < -0.39 is 0 Å². The number of rotatable bonds is 7. The molecule has 5 heteroatoms. The van der Waals surface area contributed by atoms with Crippen molar-refractivity contribution in [2.45, 2.75) is 5.75 Å². The molecule has 2 rings (SSSR count). The van der Waals surface area contributed by atoms with Crippen molar-refractivity contribution >= 4 is 23.7 Å². The maximum Gasteiger partial charge on any atom is 0.244 e. The van der Waals surface area contributed by atoms with Crippen LogP contribution in [0.25, 0.3) is 6.08 Å². The predicted molar refractivity (Wildman–Crippen MR) is 83.3 cm³/mol. The molecule has 0 radical (unpaired) electrons. The molecule has 1 aromatic carbocycles. The molecule has 0 unspecified atom stereocenters. The summed E-state index contributed by atoms with van der Waals surface area (Å²) in [6, 6.07) is 9.76. The first-order chi connectivity index (χ1) is 10.2. The zero-order valence-corrected chi connectivity index (χ0v) is 12.2. The Morgan fingerprint density at radius 1 is 1.29 bits per heavy atom. The molecule has 21 heavy (non-hydrogen) atoms. The normalized spacial score (nSPS) is 10.9. The first kappa shape index (κ1) is 15.4. The van der Waals surface area contributed by atoms with Crippen molar-refractivity contribution in [2.75, 3.05) is 12.3 Å². The Hall–Kier alpha value is -2.01. The monoisotopic (exact) mass is 305 g/mol. The largest absolute Gasteiger partial charge is 0.468 e. The molecule has 0 fully saturated rings. The highest BCUT2D eigenvalue weighted by Crippen LogP contribution is 2.11. The average molecular weight is 305 g/mol. The first-order valence-electron chi connectivity index (χ1n) is 6.55. The van der Waals surface area contributed by atoms with Gasteiger partial charge >= 0.3 is 0 Å². The number of thioether (sulfide) groups is 1. The minimum atomic E-state index is -0.287. The maximum absolute atomic E-state index is 12.7. The minimum Gasteiger partial charge on any atom is -0.468 e. The van der Waals surface area contributed by atoms with Gasteiger partial charge in [-0.15, -0.1) is 0 Å². The molecule has 1 heterocycles. The number of hydrogen-bond donors (Lipinski definition) is 1. The summed E-state index contributed by atoms with van der Waals surface area (Å²) >= 11 is 1.69. The second kappa shape index (κ2) is 8.32. The van der Waals surface area contributed by atoms with Gasteiger partial charge in [0, 0.05) is 18.4 Å². The topological polar surface area (TPSA) is 42.2 Å². The van der Waals surface area contributed by atoms with Crippen LogP contribution in [0.5, 0.6) is 0 Å². The van der Waals surface area contributed by atoms with Crippen molar-refractivity contribution < 1.29 is 13.6 Å². The van der Waals surface area contributed by atoms with E-state index in [0.29, 0.717) is 6.54 Å². The lowest BCUT2D eigenvalue weighted by Gasteiger charge is -2.01. The lowest BCUT2D eigenvalue weighted by atomic mass is 10.2. The highest BCUT2D eigenvalue weighted by atomic mass is 32.2. The van der Waals surface area contributed by atoms with Crippen molar-refractivity contribution in [1.82, 2.24) is 5.32 Å². The van der Waals surface area contributed by atoms with Gasteiger partial charge in [0.25, 0.3) is 0 Å². The van der Waals surface area contributed by atoms with Crippen LogP contribution in [0.1, 0.15) is 11.3 Å². The molecule has 1 N–H and O–H groups in total. The van der Waals surface area contributed by atoms with Gasteiger partial charge in [-0.3, -0.25) is 4.79 Å². The summed E-state index contributed by atoms with van der Waals surface area (Å²) in [5, 5.41) is 2.79. The Kier molecular flexibility index (Phi) is 6.09. The van der Waals surface area contributed by atoms with Crippen molar-refractivity contribution in [3.05, 3.63) is 65.9 Å². The molecule has 0 aliphatic heterocycles. The van der Waals surface area contributed by atoms with E-state index in [4.69, 9.17) is 4.42 Å². The number of carbonyl (C=O) groups excluding carboxylic acids is 1. The van der Waals surface area contributed by atoms with Crippen LogP contribution in [-0.2, 0) is 10.5 Å². The van der Waals surface area contributed by atoms with Crippen LogP contribution in [0.2, 0.25) is 0 Å². The van der Waals surface area contributed by atoms with Gasteiger partial charge in [0.05, 0.1) is 12.0 Å². The van der Waals surface area contributed by atoms with Gasteiger partial charge in [0.1, 0.15) is 11.6 Å². The number of benzene rings is 1. The number of halogens is 1. The van der Waals surface area contributed by atoms with Gasteiger partial charge < -0.3 is 9.73 Å². The summed E-state index contributed by atoms with van der Waals surface area (Å²) in [4.78, 5) is 11.6. The molecule has 0 atom stereocenters. The maximum atomic E-state index is 12.7. The Balaban J connectivity index is 1.62. The molecule has 110 valence electrons. The lowest BCUT2D eigenvalue weighted by Crippen LogP contribution is -2.23. The smallest absolute Gasteiger partial charge is 0.244 e. The second-order valence-electron chi connectivity index (χ2n) is 4.31. The Labute approximate surface area is 127 Å². The third-order valence-electron chi connectivity index (χ3n) is 2.67. The Morgan fingerprint density at radius 3 is 2.81 bits per heavy atom. The summed E-state index contributed by atoms with van der Waals surface area (Å²) in [6.07, 6.45) is 4.76. The summed E-state index contributed by atoms with van der Waals surface area (Å²) in [5.41, 5.74) is 0.791. The van der Waals surface area contributed by atoms with E-state index >= 15 is 0 Å². The Bertz CT molecular complexity index is 579. The van der Waals surface area contributed by atoms with Gasteiger partial charge in [-0.2, -0.15) is 11.8 Å². The highest BCUT2D eigenvalue weighted by molar-refractivity contribution is 7.98. The first-order valence-corrected chi connectivity index (χ1v) is 7.71.